The summed E-state index contributed by atoms with van der Waals surface area (Å²) in [5, 5.41) is 3.05. The number of allylic oxidation sites excluding steroid dienone is 3. The molecule has 0 radical (unpaired) electrons. The fraction of sp³-hybridized carbons (Fsp3) is 0.897. The smallest absolute Gasteiger partial charge is 0.456 e. The minimum atomic E-state index is -4.44. The van der Waals surface area contributed by atoms with Crippen molar-refractivity contribution in [1.29, 1.82) is 0 Å². The van der Waals surface area contributed by atoms with Crippen LogP contribution in [-0.2, 0) is 27.9 Å². The molecule has 0 aliphatic heterocycles. The molecule has 0 saturated heterocycles. The summed E-state index contributed by atoms with van der Waals surface area (Å²) in [5.41, 5.74) is 0. The fourth-order valence-electron chi connectivity index (χ4n) is 8.58. The number of carbonyl (C=O) groups excluding carboxylic acids is 2. The van der Waals surface area contributed by atoms with Crippen molar-refractivity contribution in [2.75, 3.05) is 40.9 Å². The van der Waals surface area contributed by atoms with Crippen molar-refractivity contribution in [2.45, 2.75) is 296 Å². The molecule has 3 atom stereocenters. The predicted molar refractivity (Wildman–Crippen MR) is 291 cm³/mol. The lowest BCUT2D eigenvalue weighted by Crippen LogP contribution is -2.47. The summed E-state index contributed by atoms with van der Waals surface area (Å²) in [6, 6.07) is -0.842. The molecule has 0 fully saturated rings. The lowest BCUT2D eigenvalue weighted by molar-refractivity contribution is -0.870. The predicted octanol–water partition coefficient (Wildman–Crippen LogP) is 17.4. The van der Waals surface area contributed by atoms with Crippen molar-refractivity contribution in [3.05, 3.63) is 24.3 Å². The Morgan fingerprint density at radius 2 is 0.853 bits per heavy atom. The Kier molecular flexibility index (Phi) is 48.0. The van der Waals surface area contributed by atoms with E-state index >= 15 is 0 Å². The molecule has 0 aromatic carbocycles. The van der Waals surface area contributed by atoms with E-state index < -0.39 is 20.0 Å². The van der Waals surface area contributed by atoms with E-state index in [4.69, 9.17) is 13.8 Å². The van der Waals surface area contributed by atoms with Crippen molar-refractivity contribution in [3.63, 3.8) is 0 Å². The van der Waals surface area contributed by atoms with E-state index in [-0.39, 0.29) is 25.1 Å². The van der Waals surface area contributed by atoms with Crippen LogP contribution in [0.15, 0.2) is 24.3 Å². The lowest BCUT2D eigenvalue weighted by atomic mass is 10.0. The Bertz CT molecular complexity index is 1220. The normalized spacial score (nSPS) is 13.9. The molecule has 0 aromatic heterocycles. The zero-order valence-corrected chi connectivity index (χ0v) is 46.8. The van der Waals surface area contributed by atoms with Crippen molar-refractivity contribution in [2.24, 2.45) is 0 Å². The summed E-state index contributed by atoms with van der Waals surface area (Å²) in [5.74, 6) is -0.498. The van der Waals surface area contributed by atoms with Crippen LogP contribution in [0.25, 0.3) is 0 Å². The van der Waals surface area contributed by atoms with Crippen molar-refractivity contribution < 1.29 is 37.3 Å². The summed E-state index contributed by atoms with van der Waals surface area (Å²) < 4.78 is 30.6. The molecule has 1 amide bonds. The largest absolute Gasteiger partial charge is 0.472 e. The molecule has 0 heterocycles. The van der Waals surface area contributed by atoms with Gasteiger partial charge in [0.05, 0.1) is 33.8 Å². The van der Waals surface area contributed by atoms with Gasteiger partial charge in [-0.25, -0.2) is 4.57 Å². The first kappa shape index (κ1) is 66.5. The Labute approximate surface area is 422 Å². The minimum Gasteiger partial charge on any atom is -0.456 e. The highest BCUT2D eigenvalue weighted by Gasteiger charge is 2.30. The molecule has 0 saturated carbocycles. The number of phosphoric acid groups is 1. The van der Waals surface area contributed by atoms with Gasteiger partial charge in [-0.05, 0) is 57.4 Å². The average molecular weight is 983 g/mol. The number of rotatable bonds is 53. The number of nitrogens with zero attached hydrogens (tertiary/aromatic N) is 1. The molecule has 0 aliphatic rings. The number of nitrogens with one attached hydrogen (secondary N) is 1. The van der Waals surface area contributed by atoms with E-state index in [0.717, 1.165) is 57.8 Å². The van der Waals surface area contributed by atoms with Crippen molar-refractivity contribution in [3.8, 4) is 0 Å². The number of likely N-dealkylation sites (N-methyl/N-ethyl adjacent to an activating group) is 1. The molecule has 0 aliphatic carbocycles. The minimum absolute atomic E-state index is 0.0429. The number of ether oxygens (including phenoxy) is 1. The second-order valence-electron chi connectivity index (χ2n) is 21.2. The maximum absolute atomic E-state index is 13.5. The van der Waals surface area contributed by atoms with Gasteiger partial charge in [-0.3, -0.25) is 18.6 Å². The zero-order chi connectivity index (χ0) is 50.1. The van der Waals surface area contributed by atoms with E-state index in [0.29, 0.717) is 23.9 Å². The van der Waals surface area contributed by atoms with Crippen LogP contribution in [0.4, 0.5) is 0 Å². The summed E-state index contributed by atoms with van der Waals surface area (Å²) in [6.45, 7) is 7.03. The first-order chi connectivity index (χ1) is 32.9. The molecule has 68 heavy (non-hydrogen) atoms. The first-order valence-electron chi connectivity index (χ1n) is 29.2. The topological polar surface area (TPSA) is 111 Å². The van der Waals surface area contributed by atoms with E-state index in [2.05, 4.69) is 38.2 Å². The number of esters is 1. The fourth-order valence-corrected chi connectivity index (χ4v) is 9.32. The highest BCUT2D eigenvalue weighted by Crippen LogP contribution is 2.43. The van der Waals surface area contributed by atoms with E-state index in [1.807, 2.05) is 33.3 Å². The Morgan fingerprint density at radius 1 is 0.500 bits per heavy atom. The third-order valence-electron chi connectivity index (χ3n) is 13.1. The summed E-state index contributed by atoms with van der Waals surface area (Å²) >= 11 is 0. The highest BCUT2D eigenvalue weighted by molar-refractivity contribution is 7.47. The Morgan fingerprint density at radius 3 is 1.25 bits per heavy atom. The second kappa shape index (κ2) is 49.1. The number of hydrogen-bond acceptors (Lipinski definition) is 6. The van der Waals surface area contributed by atoms with Crippen LogP contribution in [0.2, 0.25) is 0 Å². The molecule has 3 unspecified atom stereocenters. The quantitative estimate of drug-likeness (QED) is 0.0205. The van der Waals surface area contributed by atoms with Gasteiger partial charge in [0.1, 0.15) is 19.3 Å². The molecule has 402 valence electrons. The van der Waals surface area contributed by atoms with Gasteiger partial charge >= 0.3 is 13.8 Å². The lowest BCUT2D eigenvalue weighted by Gasteiger charge is -2.27. The van der Waals surface area contributed by atoms with Gasteiger partial charge in [-0.1, -0.05) is 238 Å². The summed E-state index contributed by atoms with van der Waals surface area (Å²) in [7, 11) is 1.51. The maximum Gasteiger partial charge on any atom is 0.472 e. The van der Waals surface area contributed by atoms with E-state index in [1.54, 1.807) is 0 Å². The second-order valence-corrected chi connectivity index (χ2v) is 22.6. The number of hydrogen-bond donors (Lipinski definition) is 2. The molecule has 9 nitrogen and oxygen atoms in total. The molecule has 0 bridgehead atoms. The van der Waals surface area contributed by atoms with E-state index in [1.165, 1.54) is 193 Å². The number of phosphoric ester groups is 1. The Balaban J connectivity index is 5.31. The van der Waals surface area contributed by atoms with Gasteiger partial charge in [0.15, 0.2) is 0 Å². The van der Waals surface area contributed by atoms with E-state index in [9.17, 15) is 19.0 Å². The molecule has 0 rings (SSSR count). The van der Waals surface area contributed by atoms with Gasteiger partial charge in [0, 0.05) is 12.8 Å². The van der Waals surface area contributed by atoms with Crippen LogP contribution in [-0.4, -0.2) is 74.3 Å². The number of quaternary nitrogens is 1. The molecule has 10 heteroatoms. The third-order valence-corrected chi connectivity index (χ3v) is 14.1. The zero-order valence-electron chi connectivity index (χ0n) is 45.9. The van der Waals surface area contributed by atoms with Crippen LogP contribution in [0.3, 0.4) is 0 Å². The molecule has 0 aromatic rings. The van der Waals surface area contributed by atoms with Crippen LogP contribution in [0.1, 0.15) is 284 Å². The van der Waals surface area contributed by atoms with Crippen LogP contribution in [0.5, 0.6) is 0 Å². The first-order valence-corrected chi connectivity index (χ1v) is 30.7. The number of amides is 1. The van der Waals surface area contributed by atoms with Gasteiger partial charge in [-0.15, -0.1) is 0 Å². The van der Waals surface area contributed by atoms with Gasteiger partial charge < -0.3 is 19.4 Å². The molecule has 2 N–H and O–H groups in total. The summed E-state index contributed by atoms with van der Waals surface area (Å²) in [4.78, 5) is 37.6. The number of unbranched alkanes of at least 4 members (excludes halogenated alkanes) is 35. The van der Waals surface area contributed by atoms with Gasteiger partial charge in [-0.2, -0.15) is 0 Å². The maximum atomic E-state index is 13.5. The van der Waals surface area contributed by atoms with Gasteiger partial charge in [0.2, 0.25) is 5.91 Å². The summed E-state index contributed by atoms with van der Waals surface area (Å²) in [6.07, 6.45) is 55.9. The van der Waals surface area contributed by atoms with Crippen molar-refractivity contribution >= 4 is 19.7 Å². The molecular weight excluding hydrogens is 868 g/mol. The standard InChI is InChI=1S/C58H113N2O7P/c1-7-10-13-16-19-22-25-28-29-30-31-33-36-39-42-45-48-51-58(62)67-56(49-46-43-40-37-34-27-24-21-18-15-12-9-3)55(54-66-68(63,64)65-53-52-60(4,5)6)59-57(61)50-47-44-41-38-35-32-26-23-20-17-14-11-8-2/h28-29,46,49,55-56H,7-27,30-45,47-48,50-54H2,1-6H3,(H-,59,61,63,64)/p+1/b29-28+,49-46+. The average Bonchev–Trinajstić information content (AvgIpc) is 3.29. The Hall–Kier alpha value is -1.51. The monoisotopic (exact) mass is 982 g/mol. The highest BCUT2D eigenvalue weighted by atomic mass is 31.2. The van der Waals surface area contributed by atoms with Crippen LogP contribution >= 0.6 is 7.82 Å². The van der Waals surface area contributed by atoms with Crippen LogP contribution < -0.4 is 5.32 Å². The molecule has 0 spiro atoms. The van der Waals surface area contributed by atoms with Gasteiger partial charge in [0.25, 0.3) is 0 Å². The SMILES string of the molecule is CCCCCCCC/C=C/CCCCCCCCCC(=O)OC(/C=C/CCCCCCCCCCCC)C(COP(=O)(O)OCC[N+](C)(C)C)NC(=O)CCCCCCCCCCCCCCC. The number of carbonyl (C=O) groups is 2. The molecular formula is C58H114N2O7P+. The van der Waals surface area contributed by atoms with Crippen molar-refractivity contribution in [1.82, 2.24) is 5.32 Å². The van der Waals surface area contributed by atoms with Crippen LogP contribution in [0, 0.1) is 0 Å². The third kappa shape index (κ3) is 49.5.